The van der Waals surface area contributed by atoms with Crippen molar-refractivity contribution in [2.24, 2.45) is 0 Å². The van der Waals surface area contributed by atoms with Crippen LogP contribution in [0.25, 0.3) is 0 Å². The molecule has 0 aliphatic carbocycles. The van der Waals surface area contributed by atoms with E-state index in [-0.39, 0.29) is 0 Å². The molecule has 98 valence electrons. The minimum Gasteiger partial charge on any atom is -0.359 e. The quantitative estimate of drug-likeness (QED) is 0.610. The molecule has 1 unspecified atom stereocenters. The van der Waals surface area contributed by atoms with E-state index in [4.69, 9.17) is 4.55 Å². The second kappa shape index (κ2) is 7.13. The fourth-order valence-electron chi connectivity index (χ4n) is 1.41. The van der Waals surface area contributed by atoms with Gasteiger partial charge in [-0.05, 0) is 0 Å². The first kappa shape index (κ1) is 15.7. The Morgan fingerprint density at radius 3 is 2.29 bits per heavy atom. The highest BCUT2D eigenvalue weighted by Gasteiger charge is 2.20. The smallest absolute Gasteiger partial charge is 0.261 e. The molecule has 1 rings (SSSR count). The van der Waals surface area contributed by atoms with Gasteiger partial charge in [0.05, 0.1) is 6.26 Å². The van der Waals surface area contributed by atoms with Gasteiger partial charge in [0.15, 0.2) is 0 Å². The van der Waals surface area contributed by atoms with Crippen molar-refractivity contribution in [2.45, 2.75) is 12.6 Å². The van der Waals surface area contributed by atoms with E-state index < -0.39 is 10.1 Å². The minimum absolute atomic E-state index is 0.431. The molecule has 1 N–H and O–H groups in total. The molecule has 1 aliphatic heterocycles. The van der Waals surface area contributed by atoms with Crippen molar-refractivity contribution in [1.82, 2.24) is 9.80 Å². The summed E-state index contributed by atoms with van der Waals surface area (Å²) >= 11 is 0. The van der Waals surface area contributed by atoms with E-state index in [9.17, 15) is 8.42 Å². The average molecular weight is 260 g/mol. The molecule has 0 spiro atoms. The van der Waals surface area contributed by atoms with Crippen LogP contribution in [0.5, 0.6) is 0 Å². The van der Waals surface area contributed by atoms with Crippen molar-refractivity contribution < 1.29 is 13.0 Å². The van der Waals surface area contributed by atoms with E-state index >= 15 is 0 Å². The van der Waals surface area contributed by atoms with Crippen LogP contribution in [0.2, 0.25) is 0 Å². The molecule has 0 saturated carbocycles. The zero-order valence-corrected chi connectivity index (χ0v) is 11.1. The Morgan fingerprint density at radius 2 is 1.88 bits per heavy atom. The third-order valence-corrected chi connectivity index (χ3v) is 2.06. The molecule has 17 heavy (non-hydrogen) atoms. The maximum atomic E-state index is 9.19. The Morgan fingerprint density at radius 1 is 1.35 bits per heavy atom. The Kier molecular flexibility index (Phi) is 6.60. The first-order chi connectivity index (χ1) is 7.79. The molecule has 1 atom stereocenters. The van der Waals surface area contributed by atoms with E-state index in [1.807, 2.05) is 12.2 Å². The van der Waals surface area contributed by atoms with Crippen LogP contribution in [-0.4, -0.2) is 48.8 Å². The van der Waals surface area contributed by atoms with E-state index in [0.29, 0.717) is 12.4 Å². The molecule has 0 aromatic heterocycles. The Hall–Kier alpha value is -1.27. The normalized spacial score (nSPS) is 18.6. The molecule has 5 nitrogen and oxygen atoms in total. The number of hydrogen-bond acceptors (Lipinski definition) is 4. The Balaban J connectivity index is 0.000000437. The van der Waals surface area contributed by atoms with Gasteiger partial charge in [-0.25, -0.2) is 0 Å². The largest absolute Gasteiger partial charge is 0.359 e. The van der Waals surface area contributed by atoms with Crippen LogP contribution in [0.1, 0.15) is 6.42 Å². The lowest BCUT2D eigenvalue weighted by atomic mass is 10.3. The zero-order valence-electron chi connectivity index (χ0n) is 10.3. The van der Waals surface area contributed by atoms with E-state index in [0.717, 1.165) is 13.0 Å². The summed E-state index contributed by atoms with van der Waals surface area (Å²) < 4.78 is 25.9. The zero-order chi connectivity index (χ0) is 13.5. The van der Waals surface area contributed by atoms with Crippen molar-refractivity contribution in [3.8, 4) is 0 Å². The van der Waals surface area contributed by atoms with Gasteiger partial charge >= 0.3 is 0 Å². The number of rotatable bonds is 4. The van der Waals surface area contributed by atoms with Crippen molar-refractivity contribution in [3.63, 3.8) is 0 Å². The highest BCUT2D eigenvalue weighted by molar-refractivity contribution is 7.85. The summed E-state index contributed by atoms with van der Waals surface area (Å²) in [7, 11) is -1.59. The fraction of sp³-hybridized carbons (Fsp3) is 0.455. The van der Waals surface area contributed by atoms with E-state index in [1.54, 1.807) is 0 Å². The van der Waals surface area contributed by atoms with Crippen LogP contribution in [0, 0.1) is 0 Å². The molecule has 1 heterocycles. The van der Waals surface area contributed by atoms with Crippen molar-refractivity contribution in [3.05, 3.63) is 37.7 Å². The summed E-state index contributed by atoms with van der Waals surface area (Å²) in [5.74, 6) is 0. The van der Waals surface area contributed by atoms with Crippen molar-refractivity contribution in [1.29, 1.82) is 0 Å². The highest BCUT2D eigenvalue weighted by atomic mass is 32.2. The molecule has 0 radical (unpaired) electrons. The van der Waals surface area contributed by atoms with Gasteiger partial charge in [0.2, 0.25) is 0 Å². The summed E-state index contributed by atoms with van der Waals surface area (Å²) in [4.78, 5) is 4.43. The summed E-state index contributed by atoms with van der Waals surface area (Å²) in [5, 5.41) is 0. The minimum atomic E-state index is -3.67. The van der Waals surface area contributed by atoms with Crippen molar-refractivity contribution in [2.75, 3.05) is 19.8 Å². The Bertz CT molecular complexity index is 368. The van der Waals surface area contributed by atoms with E-state index in [1.165, 1.54) is 0 Å². The van der Waals surface area contributed by atoms with Gasteiger partial charge in [-0.3, -0.25) is 4.55 Å². The lowest BCUT2D eigenvalue weighted by Gasteiger charge is -2.28. The van der Waals surface area contributed by atoms with Gasteiger partial charge in [0.25, 0.3) is 10.1 Å². The maximum Gasteiger partial charge on any atom is 0.261 e. The molecule has 0 fully saturated rings. The topological polar surface area (TPSA) is 60.9 Å². The standard InChI is InChI=1S/C10H16N2.CH4O3S/c1-4-6-10-11(3)8-9-12(10)7-5-2;1-5(2,3)4/h4-5,8-10H,1-2,6-7H2,3H3;1H3,(H,2,3,4). The summed E-state index contributed by atoms with van der Waals surface area (Å²) in [6.07, 6.45) is 10.2. The predicted octanol–water partition coefficient (Wildman–Crippen LogP) is 1.30. The Labute approximate surface area is 103 Å². The predicted molar refractivity (Wildman–Crippen MR) is 69.9 cm³/mol. The molecule has 0 bridgehead atoms. The molecular weight excluding hydrogens is 240 g/mol. The number of nitrogens with zero attached hydrogens (tertiary/aromatic N) is 2. The van der Waals surface area contributed by atoms with Crippen LogP contribution in [-0.2, 0) is 10.1 Å². The third kappa shape index (κ3) is 7.59. The van der Waals surface area contributed by atoms with Gasteiger partial charge in [0.1, 0.15) is 6.17 Å². The van der Waals surface area contributed by atoms with Crippen LogP contribution in [0.15, 0.2) is 37.7 Å². The summed E-state index contributed by atoms with van der Waals surface area (Å²) in [6, 6.07) is 0. The van der Waals surface area contributed by atoms with Gasteiger partial charge in [-0.2, -0.15) is 8.42 Å². The monoisotopic (exact) mass is 260 g/mol. The molecule has 0 aromatic rings. The molecule has 0 saturated heterocycles. The molecule has 0 amide bonds. The summed E-state index contributed by atoms with van der Waals surface area (Å²) in [6.45, 7) is 8.37. The molecule has 6 heteroatoms. The average Bonchev–Trinajstić information content (AvgIpc) is 2.48. The van der Waals surface area contributed by atoms with Crippen LogP contribution < -0.4 is 0 Å². The first-order valence-electron chi connectivity index (χ1n) is 5.09. The number of hydrogen-bond donors (Lipinski definition) is 1. The third-order valence-electron chi connectivity index (χ3n) is 2.06. The lowest BCUT2D eigenvalue weighted by molar-refractivity contribution is 0.192. The summed E-state index contributed by atoms with van der Waals surface area (Å²) in [5.41, 5.74) is 0. The van der Waals surface area contributed by atoms with Crippen LogP contribution in [0.3, 0.4) is 0 Å². The van der Waals surface area contributed by atoms with Crippen molar-refractivity contribution >= 4 is 10.1 Å². The lowest BCUT2D eigenvalue weighted by Crippen LogP contribution is -2.35. The van der Waals surface area contributed by atoms with Gasteiger partial charge < -0.3 is 9.80 Å². The second-order valence-corrected chi connectivity index (χ2v) is 5.15. The molecular formula is C11H20N2O3S. The first-order valence-corrected chi connectivity index (χ1v) is 6.94. The van der Waals surface area contributed by atoms with Crippen LogP contribution in [0.4, 0.5) is 0 Å². The fourth-order valence-corrected chi connectivity index (χ4v) is 1.41. The van der Waals surface area contributed by atoms with Gasteiger partial charge in [-0.15, -0.1) is 13.2 Å². The molecule has 0 aromatic carbocycles. The molecule has 1 aliphatic rings. The van der Waals surface area contributed by atoms with E-state index in [2.05, 4.69) is 42.4 Å². The second-order valence-electron chi connectivity index (χ2n) is 3.69. The SMILES string of the molecule is C=CCC1N(C)C=CN1CC=C.CS(=O)(=O)O. The van der Waals surface area contributed by atoms with Gasteiger partial charge in [0, 0.05) is 32.4 Å². The van der Waals surface area contributed by atoms with Crippen LogP contribution >= 0.6 is 0 Å². The van der Waals surface area contributed by atoms with Gasteiger partial charge in [-0.1, -0.05) is 12.2 Å². The maximum absolute atomic E-state index is 9.19. The highest BCUT2D eigenvalue weighted by Crippen LogP contribution is 2.16.